The maximum atomic E-state index is 5.19. The summed E-state index contributed by atoms with van der Waals surface area (Å²) in [5, 5.41) is 3.36. The summed E-state index contributed by atoms with van der Waals surface area (Å²) in [5.74, 6) is 0.859. The molecule has 5 heteroatoms. The molecule has 0 atom stereocenters. The maximum Gasteiger partial charge on any atom is 0.207 e. The van der Waals surface area contributed by atoms with Crippen LogP contribution in [0.5, 0.6) is 0 Å². The molecule has 2 rings (SSSR count). The van der Waals surface area contributed by atoms with Gasteiger partial charge in [-0.1, -0.05) is 12.1 Å². The van der Waals surface area contributed by atoms with E-state index in [1.54, 1.807) is 14.2 Å². The van der Waals surface area contributed by atoms with Crippen LogP contribution in [0.1, 0.15) is 17.7 Å². The van der Waals surface area contributed by atoms with E-state index < -0.39 is 0 Å². The zero-order chi connectivity index (χ0) is 15.1. The smallest absolute Gasteiger partial charge is 0.207 e. The van der Waals surface area contributed by atoms with Crippen molar-refractivity contribution in [2.45, 2.75) is 20.0 Å². The van der Waals surface area contributed by atoms with E-state index in [2.05, 4.69) is 33.1 Å². The lowest BCUT2D eigenvalue weighted by Gasteiger charge is -2.11. The predicted octanol–water partition coefficient (Wildman–Crippen LogP) is 2.78. The summed E-state index contributed by atoms with van der Waals surface area (Å²) in [6.07, 6.45) is 2.98. The maximum absolute atomic E-state index is 5.19. The van der Waals surface area contributed by atoms with Crippen LogP contribution in [0.15, 0.2) is 30.5 Å². The lowest BCUT2D eigenvalue weighted by Crippen LogP contribution is -2.09. The Labute approximate surface area is 125 Å². The monoisotopic (exact) mass is 289 g/mol. The van der Waals surface area contributed by atoms with Crippen LogP contribution >= 0.6 is 0 Å². The molecule has 0 amide bonds. The number of hydrogen-bond donors (Lipinski definition) is 1. The molecule has 0 bridgehead atoms. The summed E-state index contributed by atoms with van der Waals surface area (Å²) in [6, 6.07) is 8.28. The van der Waals surface area contributed by atoms with E-state index in [-0.39, 0.29) is 0 Å². The fraction of sp³-hybridized carbons (Fsp3) is 0.438. The molecule has 1 aromatic heterocycles. The van der Waals surface area contributed by atoms with Crippen molar-refractivity contribution in [3.8, 4) is 5.69 Å². The first-order chi connectivity index (χ1) is 10.2. The number of benzene rings is 1. The number of imidazole rings is 1. The van der Waals surface area contributed by atoms with Crippen molar-refractivity contribution in [1.29, 1.82) is 0 Å². The predicted molar refractivity (Wildman–Crippen MR) is 84.0 cm³/mol. The minimum Gasteiger partial charge on any atom is -0.385 e. The van der Waals surface area contributed by atoms with Crippen molar-refractivity contribution in [2.75, 3.05) is 32.7 Å². The van der Waals surface area contributed by atoms with E-state index in [0.717, 1.165) is 42.5 Å². The molecule has 0 saturated heterocycles. The Morgan fingerprint density at radius 3 is 2.86 bits per heavy atom. The molecular formula is C16H23N3O2. The summed E-state index contributed by atoms with van der Waals surface area (Å²) in [7, 11) is 3.42. The van der Waals surface area contributed by atoms with Gasteiger partial charge in [-0.2, -0.15) is 0 Å². The van der Waals surface area contributed by atoms with Gasteiger partial charge in [-0.3, -0.25) is 4.57 Å². The molecule has 0 radical (unpaired) electrons. The van der Waals surface area contributed by atoms with E-state index in [1.807, 2.05) is 19.2 Å². The van der Waals surface area contributed by atoms with Gasteiger partial charge in [0.1, 0.15) is 0 Å². The van der Waals surface area contributed by atoms with Crippen molar-refractivity contribution in [3.63, 3.8) is 0 Å². The lowest BCUT2D eigenvalue weighted by molar-refractivity contribution is 0.185. The van der Waals surface area contributed by atoms with Gasteiger partial charge < -0.3 is 14.8 Å². The van der Waals surface area contributed by atoms with Crippen LogP contribution in [0.4, 0.5) is 5.95 Å². The molecule has 1 aromatic carbocycles. The Hall–Kier alpha value is -1.85. The Balaban J connectivity index is 2.16. The summed E-state index contributed by atoms with van der Waals surface area (Å²) in [5.41, 5.74) is 3.22. The first-order valence-electron chi connectivity index (χ1n) is 7.11. The van der Waals surface area contributed by atoms with E-state index in [4.69, 9.17) is 9.47 Å². The average molecular weight is 289 g/mol. The summed E-state index contributed by atoms with van der Waals surface area (Å²) >= 11 is 0. The summed E-state index contributed by atoms with van der Waals surface area (Å²) in [6.45, 7) is 4.19. The fourth-order valence-corrected chi connectivity index (χ4v) is 2.20. The summed E-state index contributed by atoms with van der Waals surface area (Å²) < 4.78 is 12.3. The zero-order valence-corrected chi connectivity index (χ0v) is 12.9. The molecule has 0 spiro atoms. The van der Waals surface area contributed by atoms with Crippen LogP contribution in [0.2, 0.25) is 0 Å². The second-order valence-electron chi connectivity index (χ2n) is 4.95. The standard InChI is InChI=1S/C16H23N3O2/c1-13-11-19(16(18-13)17-8-5-9-20-2)15-7-4-6-14(10-15)12-21-3/h4,6-7,10-11H,5,8-9,12H2,1-3H3,(H,17,18). The highest BCUT2D eigenvalue weighted by Crippen LogP contribution is 2.18. The Morgan fingerprint density at radius 1 is 1.24 bits per heavy atom. The number of rotatable bonds is 8. The number of aromatic nitrogens is 2. The van der Waals surface area contributed by atoms with E-state index >= 15 is 0 Å². The third-order valence-corrected chi connectivity index (χ3v) is 3.13. The van der Waals surface area contributed by atoms with Crippen LogP contribution in [-0.4, -0.2) is 36.9 Å². The van der Waals surface area contributed by atoms with Crippen molar-refractivity contribution in [2.24, 2.45) is 0 Å². The molecule has 0 unspecified atom stereocenters. The largest absolute Gasteiger partial charge is 0.385 e. The Morgan fingerprint density at radius 2 is 2.10 bits per heavy atom. The molecule has 0 aliphatic rings. The third kappa shape index (κ3) is 4.31. The second kappa shape index (κ2) is 7.81. The molecular weight excluding hydrogens is 266 g/mol. The van der Waals surface area contributed by atoms with Gasteiger partial charge in [0.25, 0.3) is 0 Å². The zero-order valence-electron chi connectivity index (χ0n) is 12.9. The van der Waals surface area contributed by atoms with Gasteiger partial charge in [-0.25, -0.2) is 4.98 Å². The first-order valence-corrected chi connectivity index (χ1v) is 7.11. The van der Waals surface area contributed by atoms with Crippen LogP contribution in [0, 0.1) is 6.92 Å². The SMILES string of the molecule is COCCCNc1nc(C)cn1-c1cccc(COC)c1. The molecule has 1 heterocycles. The highest BCUT2D eigenvalue weighted by atomic mass is 16.5. The Kier molecular flexibility index (Phi) is 5.78. The number of ether oxygens (including phenoxy) is 2. The van der Waals surface area contributed by atoms with Gasteiger partial charge in [0.15, 0.2) is 0 Å². The molecule has 0 aliphatic carbocycles. The number of nitrogens with one attached hydrogen (secondary N) is 1. The van der Waals surface area contributed by atoms with Crippen molar-refractivity contribution in [3.05, 3.63) is 41.7 Å². The second-order valence-corrected chi connectivity index (χ2v) is 4.95. The van der Waals surface area contributed by atoms with Crippen LogP contribution in [0.3, 0.4) is 0 Å². The van der Waals surface area contributed by atoms with E-state index in [1.165, 1.54) is 0 Å². The topological polar surface area (TPSA) is 48.3 Å². The average Bonchev–Trinajstić information content (AvgIpc) is 2.85. The highest BCUT2D eigenvalue weighted by molar-refractivity contribution is 5.44. The quantitative estimate of drug-likeness (QED) is 0.759. The van der Waals surface area contributed by atoms with Gasteiger partial charge >= 0.3 is 0 Å². The van der Waals surface area contributed by atoms with Crippen molar-refractivity contribution in [1.82, 2.24) is 9.55 Å². The number of methoxy groups -OCH3 is 2. The van der Waals surface area contributed by atoms with E-state index in [0.29, 0.717) is 6.61 Å². The molecule has 21 heavy (non-hydrogen) atoms. The molecule has 0 saturated carbocycles. The number of aryl methyl sites for hydroxylation is 1. The van der Waals surface area contributed by atoms with Crippen molar-refractivity contribution < 1.29 is 9.47 Å². The van der Waals surface area contributed by atoms with Crippen LogP contribution in [0.25, 0.3) is 5.69 Å². The lowest BCUT2D eigenvalue weighted by atomic mass is 10.2. The molecule has 114 valence electrons. The van der Waals surface area contributed by atoms with Gasteiger partial charge in [0.2, 0.25) is 5.95 Å². The minimum absolute atomic E-state index is 0.609. The molecule has 2 aromatic rings. The number of nitrogens with zero attached hydrogens (tertiary/aromatic N) is 2. The van der Waals surface area contributed by atoms with Crippen LogP contribution in [-0.2, 0) is 16.1 Å². The van der Waals surface area contributed by atoms with Gasteiger partial charge in [-0.05, 0) is 31.0 Å². The fourth-order valence-electron chi connectivity index (χ4n) is 2.20. The highest BCUT2D eigenvalue weighted by Gasteiger charge is 2.07. The molecule has 0 aliphatic heterocycles. The molecule has 5 nitrogen and oxygen atoms in total. The molecule has 0 fully saturated rings. The number of anilines is 1. The Bertz CT molecular complexity index is 566. The van der Waals surface area contributed by atoms with Gasteiger partial charge in [-0.15, -0.1) is 0 Å². The number of hydrogen-bond acceptors (Lipinski definition) is 4. The first kappa shape index (κ1) is 15.5. The van der Waals surface area contributed by atoms with Crippen molar-refractivity contribution >= 4 is 5.95 Å². The van der Waals surface area contributed by atoms with E-state index in [9.17, 15) is 0 Å². The third-order valence-electron chi connectivity index (χ3n) is 3.13. The van der Waals surface area contributed by atoms with Gasteiger partial charge in [0, 0.05) is 39.3 Å². The minimum atomic E-state index is 0.609. The van der Waals surface area contributed by atoms with Gasteiger partial charge in [0.05, 0.1) is 12.3 Å². The van der Waals surface area contributed by atoms with Crippen LogP contribution < -0.4 is 5.32 Å². The normalized spacial score (nSPS) is 10.8. The molecule has 1 N–H and O–H groups in total. The summed E-state index contributed by atoms with van der Waals surface area (Å²) in [4.78, 5) is 4.54.